The molecule has 0 saturated heterocycles. The Balaban J connectivity index is 1.95. The largest absolute Gasteiger partial charge is 0.454 e. The summed E-state index contributed by atoms with van der Waals surface area (Å²) in [5, 5.41) is 2.76. The summed E-state index contributed by atoms with van der Waals surface area (Å²) in [6.07, 6.45) is 1.23. The number of aryl methyl sites for hydroxylation is 1. The number of nitrogens with zero attached hydrogens (tertiary/aromatic N) is 1. The highest BCUT2D eigenvalue weighted by molar-refractivity contribution is 6.00. The second kappa shape index (κ2) is 9.16. The lowest BCUT2D eigenvalue weighted by atomic mass is 10.1. The first-order valence-corrected chi connectivity index (χ1v) is 9.14. The topological polar surface area (TPSA) is 77.4 Å². The molecule has 0 unspecified atom stereocenters. The van der Waals surface area contributed by atoms with Crippen LogP contribution in [0.25, 0.3) is 0 Å². The van der Waals surface area contributed by atoms with E-state index in [-0.39, 0.29) is 18.3 Å². The molecule has 1 aromatic carbocycles. The van der Waals surface area contributed by atoms with Crippen LogP contribution in [-0.2, 0) is 16.1 Å². The zero-order valence-electron chi connectivity index (χ0n) is 16.3. The van der Waals surface area contributed by atoms with Gasteiger partial charge in [-0.2, -0.15) is 0 Å². The van der Waals surface area contributed by atoms with E-state index >= 15 is 0 Å². The zero-order valence-corrected chi connectivity index (χ0v) is 16.3. The lowest BCUT2D eigenvalue weighted by Crippen LogP contribution is -2.15. The van der Waals surface area contributed by atoms with Crippen molar-refractivity contribution < 1.29 is 19.1 Å². The molecule has 144 valence electrons. The Bertz CT molecular complexity index is 835. The van der Waals surface area contributed by atoms with Crippen molar-refractivity contribution >= 4 is 23.3 Å². The summed E-state index contributed by atoms with van der Waals surface area (Å²) < 4.78 is 7.21. The Labute approximate surface area is 159 Å². The number of nitrogens with one attached hydrogen (secondary N) is 1. The second-order valence-corrected chi connectivity index (χ2v) is 6.40. The van der Waals surface area contributed by atoms with Crippen LogP contribution in [0, 0.1) is 13.8 Å². The van der Waals surface area contributed by atoms with Crippen LogP contribution in [0.3, 0.4) is 0 Å². The van der Waals surface area contributed by atoms with Crippen molar-refractivity contribution in [1.82, 2.24) is 4.57 Å². The van der Waals surface area contributed by atoms with Gasteiger partial charge in [0, 0.05) is 35.6 Å². The first-order valence-electron chi connectivity index (χ1n) is 9.14. The predicted octanol–water partition coefficient (Wildman–Crippen LogP) is 3.90. The number of carbonyl (C=O) groups excluding carboxylic acids is 3. The van der Waals surface area contributed by atoms with E-state index in [0.29, 0.717) is 23.2 Å². The van der Waals surface area contributed by atoms with Gasteiger partial charge in [-0.1, -0.05) is 6.92 Å². The van der Waals surface area contributed by atoms with E-state index < -0.39 is 5.97 Å². The molecule has 6 heteroatoms. The average molecular weight is 370 g/mol. The van der Waals surface area contributed by atoms with Crippen LogP contribution in [-0.4, -0.2) is 28.8 Å². The molecule has 0 radical (unpaired) electrons. The summed E-state index contributed by atoms with van der Waals surface area (Å²) in [7, 11) is 0. The maximum absolute atomic E-state index is 12.3. The van der Waals surface area contributed by atoms with Crippen LogP contribution in [0.15, 0.2) is 30.3 Å². The van der Waals surface area contributed by atoms with E-state index in [1.54, 1.807) is 30.3 Å². The lowest BCUT2D eigenvalue weighted by molar-refractivity contribution is -0.116. The Kier molecular flexibility index (Phi) is 6.93. The number of amides is 1. The van der Waals surface area contributed by atoms with Gasteiger partial charge in [0.1, 0.15) is 0 Å². The highest BCUT2D eigenvalue weighted by Crippen LogP contribution is 2.16. The minimum atomic E-state index is -0.500. The molecule has 0 aliphatic heterocycles. The highest BCUT2D eigenvalue weighted by atomic mass is 16.5. The van der Waals surface area contributed by atoms with E-state index in [1.807, 2.05) is 32.3 Å². The third kappa shape index (κ3) is 5.06. The number of ether oxygens (including phenoxy) is 1. The van der Waals surface area contributed by atoms with Gasteiger partial charge in [-0.15, -0.1) is 0 Å². The number of rotatable bonds is 8. The molecule has 0 aliphatic carbocycles. The Morgan fingerprint density at radius 2 is 1.74 bits per heavy atom. The summed E-state index contributed by atoms with van der Waals surface area (Å²) in [5.74, 6) is -0.853. The van der Waals surface area contributed by atoms with Crippen LogP contribution < -0.4 is 5.32 Å². The number of hydrogen-bond acceptors (Lipinski definition) is 4. The predicted molar refractivity (Wildman–Crippen MR) is 104 cm³/mol. The molecular weight excluding hydrogens is 344 g/mol. The Morgan fingerprint density at radius 1 is 1.07 bits per heavy atom. The van der Waals surface area contributed by atoms with E-state index in [9.17, 15) is 14.4 Å². The molecule has 0 fully saturated rings. The van der Waals surface area contributed by atoms with Crippen LogP contribution in [0.4, 0.5) is 5.69 Å². The minimum Gasteiger partial charge on any atom is -0.454 e. The lowest BCUT2D eigenvalue weighted by Gasteiger charge is -2.07. The minimum absolute atomic E-state index is 0.0600. The monoisotopic (exact) mass is 370 g/mol. The molecule has 27 heavy (non-hydrogen) atoms. The van der Waals surface area contributed by atoms with Gasteiger partial charge in [0.2, 0.25) is 5.91 Å². The van der Waals surface area contributed by atoms with Gasteiger partial charge in [-0.05, 0) is 57.5 Å². The second-order valence-electron chi connectivity index (χ2n) is 6.40. The van der Waals surface area contributed by atoms with E-state index in [0.717, 1.165) is 24.4 Å². The number of aromatic nitrogens is 1. The molecular formula is C21H26N2O4. The molecule has 2 rings (SSSR count). The third-order valence-corrected chi connectivity index (χ3v) is 4.41. The molecule has 2 aromatic rings. The highest BCUT2D eigenvalue weighted by Gasteiger charge is 2.18. The average Bonchev–Trinajstić information content (AvgIpc) is 2.94. The Morgan fingerprint density at radius 3 is 2.30 bits per heavy atom. The molecule has 0 bridgehead atoms. The van der Waals surface area contributed by atoms with Crippen molar-refractivity contribution in [3.8, 4) is 0 Å². The van der Waals surface area contributed by atoms with Crippen LogP contribution in [0.5, 0.6) is 0 Å². The maximum Gasteiger partial charge on any atom is 0.340 e. The van der Waals surface area contributed by atoms with E-state index in [4.69, 9.17) is 4.74 Å². The number of Topliss-reactive ketones (excluding diaryl/α,β-unsaturated/α-hetero) is 1. The molecule has 1 N–H and O–H groups in total. The van der Waals surface area contributed by atoms with Crippen molar-refractivity contribution in [3.63, 3.8) is 0 Å². The first-order chi connectivity index (χ1) is 12.9. The number of esters is 1. The van der Waals surface area contributed by atoms with Crippen LogP contribution in [0.2, 0.25) is 0 Å². The van der Waals surface area contributed by atoms with Crippen molar-refractivity contribution in [2.24, 2.45) is 0 Å². The summed E-state index contributed by atoms with van der Waals surface area (Å²) in [6, 6.07) is 8.33. The van der Waals surface area contributed by atoms with Crippen molar-refractivity contribution in [1.29, 1.82) is 0 Å². The summed E-state index contributed by atoms with van der Waals surface area (Å²) >= 11 is 0. The molecule has 0 aliphatic rings. The van der Waals surface area contributed by atoms with Gasteiger partial charge in [-0.25, -0.2) is 4.79 Å². The summed E-state index contributed by atoms with van der Waals surface area (Å²) in [5.41, 5.74) is 3.36. The molecule has 1 amide bonds. The number of carbonyl (C=O) groups is 3. The fraction of sp³-hybridized carbons (Fsp3) is 0.381. The van der Waals surface area contributed by atoms with Crippen molar-refractivity contribution in [2.45, 2.75) is 47.1 Å². The van der Waals surface area contributed by atoms with Gasteiger partial charge in [-0.3, -0.25) is 9.59 Å². The normalized spacial score (nSPS) is 10.5. The smallest absolute Gasteiger partial charge is 0.340 e. The number of benzene rings is 1. The van der Waals surface area contributed by atoms with Gasteiger partial charge in [0.15, 0.2) is 12.4 Å². The zero-order chi connectivity index (χ0) is 20.0. The van der Waals surface area contributed by atoms with Gasteiger partial charge in [0.05, 0.1) is 5.56 Å². The van der Waals surface area contributed by atoms with E-state index in [2.05, 4.69) is 5.32 Å². The number of ketones is 1. The van der Waals surface area contributed by atoms with Gasteiger partial charge >= 0.3 is 5.97 Å². The first kappa shape index (κ1) is 20.4. The van der Waals surface area contributed by atoms with Crippen LogP contribution in [0.1, 0.15) is 58.8 Å². The summed E-state index contributed by atoms with van der Waals surface area (Å²) in [4.78, 5) is 36.1. The van der Waals surface area contributed by atoms with Crippen LogP contribution >= 0.6 is 0 Å². The molecule has 0 spiro atoms. The molecule has 0 atom stereocenters. The number of hydrogen-bond donors (Lipinski definition) is 1. The van der Waals surface area contributed by atoms with Crippen molar-refractivity contribution in [2.75, 3.05) is 11.9 Å². The molecule has 1 heterocycles. The number of anilines is 1. The fourth-order valence-corrected chi connectivity index (χ4v) is 2.98. The quantitative estimate of drug-likeness (QED) is 0.565. The molecule has 1 aromatic heterocycles. The van der Waals surface area contributed by atoms with E-state index in [1.165, 1.54) is 0 Å². The standard InChI is InChI=1S/C21H26N2O4/c1-5-7-20(25)22-17-10-8-16(9-11-17)19(24)13-27-21(26)18-12-14(3)23(6-2)15(18)4/h8-12H,5-7,13H2,1-4H3,(H,22,25). The third-order valence-electron chi connectivity index (χ3n) is 4.41. The fourth-order valence-electron chi connectivity index (χ4n) is 2.98. The van der Waals surface area contributed by atoms with Crippen molar-refractivity contribution in [3.05, 3.63) is 52.8 Å². The van der Waals surface area contributed by atoms with Gasteiger partial charge in [0.25, 0.3) is 0 Å². The summed E-state index contributed by atoms with van der Waals surface area (Å²) in [6.45, 7) is 8.18. The molecule has 6 nitrogen and oxygen atoms in total. The molecule has 0 saturated carbocycles. The Hall–Kier alpha value is -2.89. The van der Waals surface area contributed by atoms with Gasteiger partial charge < -0.3 is 14.6 Å². The maximum atomic E-state index is 12.3. The SMILES string of the molecule is CCCC(=O)Nc1ccc(C(=O)COC(=O)c2cc(C)n(CC)c2C)cc1.